The van der Waals surface area contributed by atoms with Crippen LogP contribution in [0.2, 0.25) is 5.02 Å². The molecule has 4 atom stereocenters. The molecule has 1 saturated heterocycles. The quantitative estimate of drug-likeness (QED) is 0.300. The summed E-state index contributed by atoms with van der Waals surface area (Å²) in [6.45, 7) is 0.358. The van der Waals surface area contributed by atoms with Gasteiger partial charge in [0.25, 0.3) is 11.8 Å². The maximum Gasteiger partial charge on any atom is 0.254 e. The van der Waals surface area contributed by atoms with Gasteiger partial charge in [0, 0.05) is 10.6 Å². The van der Waals surface area contributed by atoms with Crippen LogP contribution in [0, 0.1) is 23.7 Å². The van der Waals surface area contributed by atoms with Crippen molar-refractivity contribution in [2.24, 2.45) is 28.8 Å². The number of amides is 2. The van der Waals surface area contributed by atoms with Crippen molar-refractivity contribution in [3.63, 3.8) is 0 Å². The van der Waals surface area contributed by atoms with Gasteiger partial charge in [0.2, 0.25) is 0 Å². The van der Waals surface area contributed by atoms with Crippen LogP contribution in [-0.4, -0.2) is 23.0 Å². The number of ether oxygens (including phenoxy) is 1. The summed E-state index contributed by atoms with van der Waals surface area (Å²) in [7, 11) is 0. The van der Waals surface area contributed by atoms with Gasteiger partial charge in [-0.15, -0.1) is 0 Å². The fourth-order valence-corrected chi connectivity index (χ4v) is 5.52. The summed E-state index contributed by atoms with van der Waals surface area (Å²) in [5.74, 6) is 0.0351. The van der Waals surface area contributed by atoms with Gasteiger partial charge in [-0.05, 0) is 52.8 Å². The summed E-state index contributed by atoms with van der Waals surface area (Å²) in [4.78, 5) is 26.0. The minimum absolute atomic E-state index is 0.160. The normalized spacial score (nSPS) is 25.5. The number of hydrogen-bond acceptors (Lipinski definition) is 4. The minimum Gasteiger partial charge on any atom is -0.488 e. The lowest BCUT2D eigenvalue weighted by Crippen LogP contribution is -2.28. The summed E-state index contributed by atoms with van der Waals surface area (Å²) >= 11 is 5.98. The molecule has 1 saturated carbocycles. The molecule has 6 rings (SSSR count). The van der Waals surface area contributed by atoms with E-state index in [4.69, 9.17) is 16.3 Å². The van der Waals surface area contributed by atoms with Gasteiger partial charge in [0.15, 0.2) is 0 Å². The van der Waals surface area contributed by atoms with E-state index < -0.39 is 0 Å². The van der Waals surface area contributed by atoms with Gasteiger partial charge in [-0.1, -0.05) is 66.2 Å². The Bertz CT molecular complexity index is 1300. The lowest BCUT2D eigenvalue weighted by Gasteiger charge is -2.14. The summed E-state index contributed by atoms with van der Waals surface area (Å²) in [6.07, 6.45) is 6.65. The minimum atomic E-state index is -0.266. The molecule has 0 aromatic heterocycles. The standard InChI is InChI=1S/C27H21ClN2O3/c28-20-10-5-16(6-11-20)15-33-23-12-9-17-3-1-2-4-21(17)22(23)14-29-30-26(31)24-18-7-8-19(13-18)25(24)27(30)32/h1-12,14,18-19,24-25H,13,15H2/t18-,19-,24-,25+/m0/s1. The largest absolute Gasteiger partial charge is 0.488 e. The third-order valence-electron chi connectivity index (χ3n) is 6.99. The second-order valence-electron chi connectivity index (χ2n) is 8.85. The SMILES string of the molecule is O=C1[C@@H]2[C@H](C(=O)N1N=Cc1c(OCc3ccc(Cl)cc3)ccc3ccccc13)[C@H]1C=C[C@H]2C1. The molecule has 2 aliphatic carbocycles. The van der Waals surface area contributed by atoms with Crippen molar-refractivity contribution in [1.82, 2.24) is 5.01 Å². The van der Waals surface area contributed by atoms with E-state index in [0.717, 1.165) is 33.3 Å². The molecule has 3 aromatic carbocycles. The molecular weight excluding hydrogens is 436 g/mol. The van der Waals surface area contributed by atoms with Crippen LogP contribution in [0.25, 0.3) is 10.8 Å². The number of allylic oxidation sites excluding steroid dienone is 2. The van der Waals surface area contributed by atoms with Crippen LogP contribution in [-0.2, 0) is 16.2 Å². The molecule has 5 nitrogen and oxygen atoms in total. The Morgan fingerprint density at radius 1 is 0.939 bits per heavy atom. The van der Waals surface area contributed by atoms with Crippen LogP contribution in [0.15, 0.2) is 77.9 Å². The molecule has 164 valence electrons. The Labute approximate surface area is 196 Å². The number of rotatable bonds is 5. The highest BCUT2D eigenvalue weighted by Crippen LogP contribution is 2.52. The van der Waals surface area contributed by atoms with E-state index in [-0.39, 0.29) is 35.5 Å². The molecule has 2 amide bonds. The highest BCUT2D eigenvalue weighted by Gasteiger charge is 2.59. The van der Waals surface area contributed by atoms with Crippen LogP contribution in [0.5, 0.6) is 5.75 Å². The van der Waals surface area contributed by atoms with Crippen molar-refractivity contribution in [2.45, 2.75) is 13.0 Å². The molecule has 0 unspecified atom stereocenters. The van der Waals surface area contributed by atoms with Gasteiger partial charge < -0.3 is 4.74 Å². The molecule has 3 aromatic rings. The topological polar surface area (TPSA) is 59.0 Å². The predicted octanol–water partition coefficient (Wildman–Crippen LogP) is 5.21. The summed E-state index contributed by atoms with van der Waals surface area (Å²) < 4.78 is 6.13. The first-order chi connectivity index (χ1) is 16.1. The maximum atomic E-state index is 13.0. The van der Waals surface area contributed by atoms with Crippen LogP contribution in [0.3, 0.4) is 0 Å². The number of carbonyl (C=O) groups excluding carboxylic acids is 2. The van der Waals surface area contributed by atoms with Crippen molar-refractivity contribution < 1.29 is 14.3 Å². The lowest BCUT2D eigenvalue weighted by atomic mass is 9.85. The van der Waals surface area contributed by atoms with Crippen molar-refractivity contribution in [3.05, 3.63) is 89.0 Å². The highest BCUT2D eigenvalue weighted by atomic mass is 35.5. The van der Waals surface area contributed by atoms with E-state index >= 15 is 0 Å². The average molecular weight is 457 g/mol. The molecule has 1 aliphatic heterocycles. The number of hydrazone groups is 1. The van der Waals surface area contributed by atoms with Crippen LogP contribution in [0.1, 0.15) is 17.5 Å². The molecule has 33 heavy (non-hydrogen) atoms. The smallest absolute Gasteiger partial charge is 0.254 e. The molecule has 6 heteroatoms. The lowest BCUT2D eigenvalue weighted by molar-refractivity contribution is -0.140. The number of hydrogen-bond donors (Lipinski definition) is 0. The van der Waals surface area contributed by atoms with Gasteiger partial charge in [0.05, 0.1) is 18.1 Å². The van der Waals surface area contributed by atoms with E-state index in [1.54, 1.807) is 6.21 Å². The van der Waals surface area contributed by atoms with Gasteiger partial charge in [0.1, 0.15) is 12.4 Å². The Balaban J connectivity index is 1.32. The van der Waals surface area contributed by atoms with Crippen molar-refractivity contribution in [3.8, 4) is 5.75 Å². The molecule has 1 heterocycles. The Morgan fingerprint density at radius 3 is 2.36 bits per heavy atom. The molecule has 2 bridgehead atoms. The monoisotopic (exact) mass is 456 g/mol. The second-order valence-corrected chi connectivity index (χ2v) is 9.28. The summed E-state index contributed by atoms with van der Waals surface area (Å²) in [5, 5.41) is 8.11. The molecule has 2 fully saturated rings. The zero-order valence-corrected chi connectivity index (χ0v) is 18.5. The van der Waals surface area contributed by atoms with E-state index in [1.165, 1.54) is 0 Å². The summed E-state index contributed by atoms with van der Waals surface area (Å²) in [6, 6.07) is 19.3. The van der Waals surface area contributed by atoms with Gasteiger partial charge in [-0.25, -0.2) is 0 Å². The molecule has 0 spiro atoms. The van der Waals surface area contributed by atoms with Crippen molar-refractivity contribution in [2.75, 3.05) is 0 Å². The first kappa shape index (κ1) is 20.2. The third kappa shape index (κ3) is 3.35. The fourth-order valence-electron chi connectivity index (χ4n) is 5.39. The molecule has 0 radical (unpaired) electrons. The van der Waals surface area contributed by atoms with E-state index in [2.05, 4.69) is 17.3 Å². The zero-order valence-electron chi connectivity index (χ0n) is 17.7. The van der Waals surface area contributed by atoms with Crippen LogP contribution < -0.4 is 4.74 Å². The number of halogens is 1. The molecule has 0 N–H and O–H groups in total. The maximum absolute atomic E-state index is 13.0. The average Bonchev–Trinajstić information content (AvgIpc) is 3.52. The first-order valence-electron chi connectivity index (χ1n) is 11.1. The number of nitrogens with zero attached hydrogens (tertiary/aromatic N) is 2. The Kier molecular flexibility index (Phi) is 4.80. The van der Waals surface area contributed by atoms with Gasteiger partial charge in [-0.2, -0.15) is 10.1 Å². The number of fused-ring (bicyclic) bond motifs is 6. The van der Waals surface area contributed by atoms with E-state index in [1.807, 2.05) is 60.7 Å². The third-order valence-corrected chi connectivity index (χ3v) is 7.24. The van der Waals surface area contributed by atoms with Crippen molar-refractivity contribution >= 4 is 40.4 Å². The number of benzene rings is 3. The van der Waals surface area contributed by atoms with Crippen molar-refractivity contribution in [1.29, 1.82) is 0 Å². The fraction of sp³-hybridized carbons (Fsp3) is 0.222. The van der Waals surface area contributed by atoms with E-state index in [0.29, 0.717) is 17.4 Å². The van der Waals surface area contributed by atoms with Crippen LogP contribution >= 0.6 is 11.6 Å². The highest BCUT2D eigenvalue weighted by molar-refractivity contribution is 6.30. The van der Waals surface area contributed by atoms with Crippen LogP contribution in [0.4, 0.5) is 0 Å². The van der Waals surface area contributed by atoms with Gasteiger partial charge >= 0.3 is 0 Å². The zero-order chi connectivity index (χ0) is 22.5. The summed E-state index contributed by atoms with van der Waals surface area (Å²) in [5.41, 5.74) is 1.72. The van der Waals surface area contributed by atoms with E-state index in [9.17, 15) is 9.59 Å². The van der Waals surface area contributed by atoms with Gasteiger partial charge in [-0.3, -0.25) is 9.59 Å². The Morgan fingerprint density at radius 2 is 1.64 bits per heavy atom. The second kappa shape index (κ2) is 7.85. The molecule has 3 aliphatic rings. The Hall–Kier alpha value is -3.44. The first-order valence-corrected chi connectivity index (χ1v) is 11.5. The molecular formula is C27H21ClN2O3. The number of carbonyl (C=O) groups is 2. The number of imide groups is 1. The predicted molar refractivity (Wildman–Crippen MR) is 127 cm³/mol.